The summed E-state index contributed by atoms with van der Waals surface area (Å²) in [7, 11) is 0. The molecule has 0 fully saturated rings. The van der Waals surface area contributed by atoms with Crippen LogP contribution in [0.25, 0.3) is 0 Å². The molecular weight excluding hydrogens is 284 g/mol. The smallest absolute Gasteiger partial charge is 0.162 e. The third kappa shape index (κ3) is 3.22. The summed E-state index contributed by atoms with van der Waals surface area (Å²) in [6.07, 6.45) is 0.893. The van der Waals surface area contributed by atoms with Crippen molar-refractivity contribution >= 4 is 17.5 Å². The van der Waals surface area contributed by atoms with E-state index in [-0.39, 0.29) is 5.78 Å². The third-order valence-corrected chi connectivity index (χ3v) is 4.28. The number of benzene rings is 2. The van der Waals surface area contributed by atoms with Crippen molar-refractivity contribution in [1.82, 2.24) is 0 Å². The van der Waals surface area contributed by atoms with Crippen molar-refractivity contribution in [3.63, 3.8) is 0 Å². The Bertz CT molecular complexity index is 667. The van der Waals surface area contributed by atoms with Gasteiger partial charge in [0.05, 0.1) is 13.2 Å². The van der Waals surface area contributed by atoms with Crippen molar-refractivity contribution in [3.8, 4) is 11.5 Å². The van der Waals surface area contributed by atoms with Crippen LogP contribution in [0, 0.1) is 0 Å². The lowest BCUT2D eigenvalue weighted by atomic mass is 10.1. The molecule has 0 saturated carbocycles. The van der Waals surface area contributed by atoms with Crippen LogP contribution in [0.4, 0.5) is 0 Å². The molecule has 0 amide bonds. The highest BCUT2D eigenvalue weighted by Gasteiger charge is 2.13. The quantitative estimate of drug-likeness (QED) is 0.796. The van der Waals surface area contributed by atoms with Crippen LogP contribution < -0.4 is 9.47 Å². The Morgan fingerprint density at radius 2 is 1.81 bits per heavy atom. The number of rotatable bonds is 3. The van der Waals surface area contributed by atoms with Crippen LogP contribution in [-0.4, -0.2) is 19.0 Å². The number of hydrogen-bond donors (Lipinski definition) is 0. The number of ketones is 1. The molecule has 1 heterocycles. The summed E-state index contributed by atoms with van der Waals surface area (Å²) < 4.78 is 11.3. The van der Waals surface area contributed by atoms with Crippen molar-refractivity contribution in [1.29, 1.82) is 0 Å². The van der Waals surface area contributed by atoms with Crippen LogP contribution in [0.3, 0.4) is 0 Å². The molecule has 0 unspecified atom stereocenters. The van der Waals surface area contributed by atoms with Gasteiger partial charge in [0.2, 0.25) is 0 Å². The Morgan fingerprint density at radius 1 is 1.05 bits per heavy atom. The molecule has 108 valence electrons. The van der Waals surface area contributed by atoms with Crippen molar-refractivity contribution in [2.24, 2.45) is 0 Å². The molecule has 0 spiro atoms. The lowest BCUT2D eigenvalue weighted by molar-refractivity contribution is 0.101. The van der Waals surface area contributed by atoms with E-state index in [9.17, 15) is 4.79 Å². The molecule has 0 radical (unpaired) electrons. The molecule has 1 aliphatic heterocycles. The maximum absolute atomic E-state index is 11.7. The number of carbonyl (C=O) groups excluding carboxylic acids is 1. The number of fused-ring (bicyclic) bond motifs is 1. The van der Waals surface area contributed by atoms with Gasteiger partial charge in [0.15, 0.2) is 17.3 Å². The van der Waals surface area contributed by atoms with E-state index in [1.807, 2.05) is 42.5 Å². The van der Waals surface area contributed by atoms with Gasteiger partial charge in [-0.2, -0.15) is 0 Å². The fraction of sp³-hybridized carbons (Fsp3) is 0.235. The van der Waals surface area contributed by atoms with Gasteiger partial charge < -0.3 is 9.47 Å². The van der Waals surface area contributed by atoms with Crippen LogP contribution in [0.1, 0.15) is 23.7 Å². The topological polar surface area (TPSA) is 35.5 Å². The third-order valence-electron chi connectivity index (χ3n) is 3.21. The lowest BCUT2D eigenvalue weighted by Crippen LogP contribution is -1.97. The molecule has 0 atom stereocenters. The molecule has 3 nitrogen and oxygen atoms in total. The van der Waals surface area contributed by atoms with E-state index in [1.54, 1.807) is 18.7 Å². The van der Waals surface area contributed by atoms with Crippen LogP contribution in [0.15, 0.2) is 52.3 Å². The fourth-order valence-electron chi connectivity index (χ4n) is 2.18. The Morgan fingerprint density at radius 3 is 2.62 bits per heavy atom. The highest BCUT2D eigenvalue weighted by Crippen LogP contribution is 2.37. The normalized spacial score (nSPS) is 13.6. The second-order valence-corrected chi connectivity index (χ2v) is 5.93. The van der Waals surface area contributed by atoms with E-state index in [4.69, 9.17) is 9.47 Å². The highest BCUT2D eigenvalue weighted by atomic mass is 32.2. The predicted octanol–water partition coefficient (Wildman–Crippen LogP) is 4.20. The lowest BCUT2D eigenvalue weighted by Gasteiger charge is -2.10. The van der Waals surface area contributed by atoms with Crippen molar-refractivity contribution in [3.05, 3.63) is 48.0 Å². The van der Waals surface area contributed by atoms with Gasteiger partial charge >= 0.3 is 0 Å². The van der Waals surface area contributed by atoms with Gasteiger partial charge in [0.1, 0.15) is 0 Å². The Balaban J connectivity index is 1.89. The summed E-state index contributed by atoms with van der Waals surface area (Å²) in [6.45, 7) is 2.95. The molecule has 4 heteroatoms. The summed E-state index contributed by atoms with van der Waals surface area (Å²) in [6, 6.07) is 13.5. The van der Waals surface area contributed by atoms with Gasteiger partial charge in [-0.3, -0.25) is 4.79 Å². The van der Waals surface area contributed by atoms with Crippen molar-refractivity contribution in [2.45, 2.75) is 23.1 Å². The summed E-state index contributed by atoms with van der Waals surface area (Å²) in [4.78, 5) is 13.7. The summed E-state index contributed by atoms with van der Waals surface area (Å²) in [5, 5.41) is 0. The fourth-order valence-corrected chi connectivity index (χ4v) is 3.20. The predicted molar refractivity (Wildman–Crippen MR) is 82.6 cm³/mol. The van der Waals surface area contributed by atoms with Crippen LogP contribution in [0.2, 0.25) is 0 Å². The van der Waals surface area contributed by atoms with E-state index in [0.29, 0.717) is 13.2 Å². The maximum Gasteiger partial charge on any atom is 0.162 e. The van der Waals surface area contributed by atoms with Crippen LogP contribution in [-0.2, 0) is 0 Å². The van der Waals surface area contributed by atoms with Gasteiger partial charge in [-0.05, 0) is 31.2 Å². The van der Waals surface area contributed by atoms with E-state index < -0.39 is 0 Å². The molecule has 1 aliphatic rings. The molecule has 0 aromatic heterocycles. The molecular formula is C17H16O3S. The second-order valence-electron chi connectivity index (χ2n) is 4.81. The maximum atomic E-state index is 11.7. The highest BCUT2D eigenvalue weighted by molar-refractivity contribution is 7.99. The number of carbonyl (C=O) groups is 1. The second kappa shape index (κ2) is 6.22. The van der Waals surface area contributed by atoms with Crippen LogP contribution in [0.5, 0.6) is 11.5 Å². The Kier molecular flexibility index (Phi) is 4.15. The first kappa shape index (κ1) is 14.0. The Labute approximate surface area is 128 Å². The monoisotopic (exact) mass is 300 g/mol. The van der Waals surface area contributed by atoms with Gasteiger partial charge in [0.25, 0.3) is 0 Å². The summed E-state index contributed by atoms with van der Waals surface area (Å²) in [5.41, 5.74) is 0.745. The average molecular weight is 300 g/mol. The minimum absolute atomic E-state index is 0.0763. The van der Waals surface area contributed by atoms with Gasteiger partial charge in [-0.25, -0.2) is 0 Å². The SMILES string of the molecule is CC(=O)c1ccccc1Sc1ccc2c(c1)OCCCO2. The van der Waals surface area contributed by atoms with Crippen molar-refractivity contribution < 1.29 is 14.3 Å². The molecule has 2 aromatic carbocycles. The molecule has 0 aliphatic carbocycles. The van der Waals surface area contributed by atoms with E-state index in [0.717, 1.165) is 33.3 Å². The van der Waals surface area contributed by atoms with Gasteiger partial charge in [-0.1, -0.05) is 30.0 Å². The standard InChI is InChI=1S/C17H16O3S/c1-12(18)14-5-2-3-6-17(14)21-13-7-8-15-16(11-13)20-10-4-9-19-15/h2-3,5-8,11H,4,9-10H2,1H3. The number of ether oxygens (including phenoxy) is 2. The largest absolute Gasteiger partial charge is 0.490 e. The van der Waals surface area contributed by atoms with E-state index >= 15 is 0 Å². The minimum Gasteiger partial charge on any atom is -0.490 e. The Hall–Kier alpha value is -1.94. The summed E-state index contributed by atoms with van der Waals surface area (Å²) in [5.74, 6) is 1.64. The first-order chi connectivity index (χ1) is 10.2. The molecule has 0 bridgehead atoms. The van der Waals surface area contributed by atoms with Gasteiger partial charge in [0, 0.05) is 21.8 Å². The first-order valence-corrected chi connectivity index (χ1v) is 7.73. The van der Waals surface area contributed by atoms with E-state index in [2.05, 4.69) is 0 Å². The first-order valence-electron chi connectivity index (χ1n) is 6.91. The molecule has 0 N–H and O–H groups in total. The molecule has 21 heavy (non-hydrogen) atoms. The molecule has 0 saturated heterocycles. The zero-order valence-electron chi connectivity index (χ0n) is 11.8. The zero-order chi connectivity index (χ0) is 14.7. The van der Waals surface area contributed by atoms with Crippen molar-refractivity contribution in [2.75, 3.05) is 13.2 Å². The summed E-state index contributed by atoms with van der Waals surface area (Å²) >= 11 is 1.57. The van der Waals surface area contributed by atoms with Crippen LogP contribution >= 0.6 is 11.8 Å². The van der Waals surface area contributed by atoms with E-state index in [1.165, 1.54) is 0 Å². The van der Waals surface area contributed by atoms with Gasteiger partial charge in [-0.15, -0.1) is 0 Å². The zero-order valence-corrected chi connectivity index (χ0v) is 12.6. The average Bonchev–Trinajstić information content (AvgIpc) is 2.72. The molecule has 2 aromatic rings. The number of Topliss-reactive ketones (excluding diaryl/α,β-unsaturated/α-hetero) is 1. The molecule has 3 rings (SSSR count). The minimum atomic E-state index is 0.0763. The number of hydrogen-bond acceptors (Lipinski definition) is 4.